The molecule has 0 N–H and O–H groups in total. The molecule has 86 valence electrons. The zero-order valence-corrected chi connectivity index (χ0v) is 9.49. The smallest absolute Gasteiger partial charge is 0.331 e. The first kappa shape index (κ1) is 13.8. The molecule has 1 unspecified atom stereocenters. The number of nitrogens with zero attached hydrogens (tertiary/aromatic N) is 1. The second kappa shape index (κ2) is 9.41. The number of carbonyl (C=O) groups is 1. The van der Waals surface area contributed by atoms with E-state index in [1.165, 1.54) is 6.08 Å². The topological polar surface area (TPSA) is 55.7 Å². The number of isocyanates is 1. The van der Waals surface area contributed by atoms with Gasteiger partial charge in [-0.3, -0.25) is 0 Å². The molecule has 0 aromatic carbocycles. The Kier molecular flexibility index (Phi) is 8.69. The van der Waals surface area contributed by atoms with Gasteiger partial charge in [-0.25, -0.2) is 9.59 Å². The van der Waals surface area contributed by atoms with Crippen LogP contribution >= 0.6 is 0 Å². The molecule has 0 amide bonds. The Hall–Kier alpha value is -1.15. The van der Waals surface area contributed by atoms with Gasteiger partial charge in [0, 0.05) is 0 Å². The molecule has 0 rings (SSSR count). The van der Waals surface area contributed by atoms with Crippen LogP contribution in [0.1, 0.15) is 46.0 Å². The van der Waals surface area contributed by atoms with Crippen LogP contribution in [0.15, 0.2) is 4.99 Å². The van der Waals surface area contributed by atoms with Crippen LogP contribution in [0, 0.1) is 0 Å². The standard InChI is InChI=1S/C11H19NO3/c1-3-5-7-10(12-9-13)11(14)15-8-6-4-2/h10H,3-8H2,1-2H3. The van der Waals surface area contributed by atoms with Gasteiger partial charge in [0.1, 0.15) is 0 Å². The van der Waals surface area contributed by atoms with Crippen molar-refractivity contribution < 1.29 is 14.3 Å². The van der Waals surface area contributed by atoms with Gasteiger partial charge < -0.3 is 4.74 Å². The Balaban J connectivity index is 3.98. The van der Waals surface area contributed by atoms with Gasteiger partial charge in [-0.05, 0) is 12.8 Å². The Morgan fingerprint density at radius 1 is 1.33 bits per heavy atom. The zero-order chi connectivity index (χ0) is 11.5. The van der Waals surface area contributed by atoms with Crippen LogP contribution in [0.5, 0.6) is 0 Å². The lowest BCUT2D eigenvalue weighted by atomic mass is 10.1. The van der Waals surface area contributed by atoms with E-state index in [0.29, 0.717) is 13.0 Å². The van der Waals surface area contributed by atoms with E-state index in [1.807, 2.05) is 13.8 Å². The maximum Gasteiger partial charge on any atom is 0.331 e. The van der Waals surface area contributed by atoms with Gasteiger partial charge in [-0.1, -0.05) is 33.1 Å². The first-order chi connectivity index (χ1) is 7.26. The second-order valence-electron chi connectivity index (χ2n) is 3.40. The van der Waals surface area contributed by atoms with Crippen molar-refractivity contribution in [2.75, 3.05) is 6.61 Å². The largest absolute Gasteiger partial charge is 0.464 e. The van der Waals surface area contributed by atoms with E-state index in [4.69, 9.17) is 4.74 Å². The molecule has 0 radical (unpaired) electrons. The molecule has 0 saturated heterocycles. The molecule has 0 heterocycles. The van der Waals surface area contributed by atoms with E-state index in [-0.39, 0.29) is 0 Å². The molecule has 0 fully saturated rings. The van der Waals surface area contributed by atoms with Gasteiger partial charge in [0.05, 0.1) is 6.61 Å². The highest BCUT2D eigenvalue weighted by Gasteiger charge is 2.17. The van der Waals surface area contributed by atoms with E-state index < -0.39 is 12.0 Å². The van der Waals surface area contributed by atoms with Crippen molar-refractivity contribution in [3.8, 4) is 0 Å². The van der Waals surface area contributed by atoms with Crippen molar-refractivity contribution in [1.29, 1.82) is 0 Å². The third kappa shape index (κ3) is 6.86. The Morgan fingerprint density at radius 3 is 2.53 bits per heavy atom. The molecule has 0 aromatic heterocycles. The summed E-state index contributed by atoms with van der Waals surface area (Å²) in [4.78, 5) is 25.0. The number of hydrogen-bond donors (Lipinski definition) is 0. The highest BCUT2D eigenvalue weighted by molar-refractivity contribution is 5.76. The lowest BCUT2D eigenvalue weighted by molar-refractivity contribution is -0.145. The summed E-state index contributed by atoms with van der Waals surface area (Å²) in [6, 6.07) is -0.653. The van der Waals surface area contributed by atoms with Crippen molar-refractivity contribution in [2.24, 2.45) is 4.99 Å². The number of ether oxygens (including phenoxy) is 1. The van der Waals surface area contributed by atoms with Crippen LogP contribution in [-0.2, 0) is 14.3 Å². The third-order valence-corrected chi connectivity index (χ3v) is 2.05. The number of hydrogen-bond acceptors (Lipinski definition) is 4. The van der Waals surface area contributed by atoms with Crippen LogP contribution in [0.25, 0.3) is 0 Å². The predicted molar refractivity (Wildman–Crippen MR) is 57.3 cm³/mol. The highest BCUT2D eigenvalue weighted by Crippen LogP contribution is 2.06. The van der Waals surface area contributed by atoms with Crippen molar-refractivity contribution in [3.63, 3.8) is 0 Å². The average molecular weight is 213 g/mol. The summed E-state index contributed by atoms with van der Waals surface area (Å²) in [6.07, 6.45) is 5.63. The summed E-state index contributed by atoms with van der Waals surface area (Å²) in [5.41, 5.74) is 0. The molecule has 0 aliphatic rings. The quantitative estimate of drug-likeness (QED) is 0.269. The van der Waals surface area contributed by atoms with Gasteiger partial charge in [0.25, 0.3) is 0 Å². The molecule has 4 nitrogen and oxygen atoms in total. The molecule has 15 heavy (non-hydrogen) atoms. The molecule has 4 heteroatoms. The lowest BCUT2D eigenvalue weighted by Gasteiger charge is -2.09. The van der Waals surface area contributed by atoms with Crippen LogP contribution in [0.3, 0.4) is 0 Å². The van der Waals surface area contributed by atoms with Crippen molar-refractivity contribution in [1.82, 2.24) is 0 Å². The fourth-order valence-corrected chi connectivity index (χ4v) is 1.11. The molecule has 0 aromatic rings. The normalized spacial score (nSPS) is 11.6. The number of esters is 1. The summed E-state index contributed by atoms with van der Waals surface area (Å²) in [5, 5.41) is 0. The van der Waals surface area contributed by atoms with Gasteiger partial charge in [0.2, 0.25) is 6.08 Å². The van der Waals surface area contributed by atoms with Crippen molar-refractivity contribution >= 4 is 12.0 Å². The third-order valence-electron chi connectivity index (χ3n) is 2.05. The van der Waals surface area contributed by atoms with Crippen LogP contribution in [0.2, 0.25) is 0 Å². The Bertz CT molecular complexity index is 222. The maximum atomic E-state index is 11.4. The monoisotopic (exact) mass is 213 g/mol. The highest BCUT2D eigenvalue weighted by atomic mass is 16.5. The van der Waals surface area contributed by atoms with E-state index in [1.54, 1.807) is 0 Å². The summed E-state index contributed by atoms with van der Waals surface area (Å²) in [5.74, 6) is -0.403. The van der Waals surface area contributed by atoms with E-state index in [2.05, 4.69) is 4.99 Å². The predicted octanol–water partition coefficient (Wildman–Crippen LogP) is 2.22. The summed E-state index contributed by atoms with van der Waals surface area (Å²) in [6.45, 7) is 4.45. The van der Waals surface area contributed by atoms with Crippen LogP contribution < -0.4 is 0 Å². The molecule has 0 aliphatic heterocycles. The molecular weight excluding hydrogens is 194 g/mol. The molecule has 0 aliphatic carbocycles. The van der Waals surface area contributed by atoms with Gasteiger partial charge in [-0.15, -0.1) is 0 Å². The maximum absolute atomic E-state index is 11.4. The average Bonchev–Trinajstić information content (AvgIpc) is 2.24. The lowest BCUT2D eigenvalue weighted by Crippen LogP contribution is -2.21. The minimum Gasteiger partial charge on any atom is -0.464 e. The molecule has 1 atom stereocenters. The SMILES string of the molecule is CCCCOC(=O)C(CCCC)N=C=O. The fourth-order valence-electron chi connectivity index (χ4n) is 1.11. The second-order valence-corrected chi connectivity index (χ2v) is 3.40. The van der Waals surface area contributed by atoms with E-state index in [9.17, 15) is 9.59 Å². The minimum atomic E-state index is -0.653. The van der Waals surface area contributed by atoms with Gasteiger partial charge in [0.15, 0.2) is 6.04 Å². The Morgan fingerprint density at radius 2 is 2.00 bits per heavy atom. The van der Waals surface area contributed by atoms with E-state index >= 15 is 0 Å². The first-order valence-corrected chi connectivity index (χ1v) is 5.49. The van der Waals surface area contributed by atoms with Gasteiger partial charge >= 0.3 is 5.97 Å². The number of unbranched alkanes of at least 4 members (excludes halogenated alkanes) is 2. The molecule has 0 spiro atoms. The number of aliphatic imine (C=N–C) groups is 1. The zero-order valence-electron chi connectivity index (χ0n) is 9.49. The minimum absolute atomic E-state index is 0.403. The molecular formula is C11H19NO3. The van der Waals surface area contributed by atoms with Gasteiger partial charge in [-0.2, -0.15) is 4.99 Å². The summed E-state index contributed by atoms with van der Waals surface area (Å²) >= 11 is 0. The fraction of sp³-hybridized carbons (Fsp3) is 0.818. The summed E-state index contributed by atoms with van der Waals surface area (Å²) < 4.78 is 4.98. The van der Waals surface area contributed by atoms with Crippen molar-refractivity contribution in [2.45, 2.75) is 52.0 Å². The summed E-state index contributed by atoms with van der Waals surface area (Å²) in [7, 11) is 0. The van der Waals surface area contributed by atoms with Crippen LogP contribution in [-0.4, -0.2) is 24.7 Å². The van der Waals surface area contributed by atoms with Crippen LogP contribution in [0.4, 0.5) is 0 Å². The number of rotatable bonds is 8. The van der Waals surface area contributed by atoms with Crippen molar-refractivity contribution in [3.05, 3.63) is 0 Å². The molecule has 0 saturated carbocycles. The molecule has 0 bridgehead atoms. The number of carbonyl (C=O) groups excluding carboxylic acids is 2. The Labute approximate surface area is 90.7 Å². The first-order valence-electron chi connectivity index (χ1n) is 5.49. The van der Waals surface area contributed by atoms with E-state index in [0.717, 1.165) is 25.7 Å².